The number of benzene rings is 2. The zero-order valence-electron chi connectivity index (χ0n) is 14.7. The van der Waals surface area contributed by atoms with Crippen LogP contribution in [0.3, 0.4) is 0 Å². The average Bonchev–Trinajstić information content (AvgIpc) is 2.68. The van der Waals surface area contributed by atoms with Crippen LogP contribution in [-0.2, 0) is 6.54 Å². The van der Waals surface area contributed by atoms with Gasteiger partial charge in [-0.2, -0.15) is 5.26 Å². The predicted octanol–water partition coefficient (Wildman–Crippen LogP) is 3.46. The molecule has 0 N–H and O–H groups in total. The Kier molecular flexibility index (Phi) is 5.31. The number of aromatic nitrogens is 2. The van der Waals surface area contributed by atoms with Crippen LogP contribution in [0.15, 0.2) is 36.5 Å². The van der Waals surface area contributed by atoms with Crippen LogP contribution in [0.5, 0.6) is 11.5 Å². The number of fused-ring (bicyclic) bond motifs is 1. The third-order valence-electron chi connectivity index (χ3n) is 3.97. The van der Waals surface area contributed by atoms with E-state index in [1.807, 2.05) is 24.3 Å². The van der Waals surface area contributed by atoms with Gasteiger partial charge in [0.25, 0.3) is 0 Å². The van der Waals surface area contributed by atoms with Crippen molar-refractivity contribution in [3.05, 3.63) is 53.9 Å². The van der Waals surface area contributed by atoms with E-state index in [0.29, 0.717) is 11.2 Å². The maximum absolute atomic E-state index is 14.9. The molecule has 0 saturated carbocycles. The van der Waals surface area contributed by atoms with Gasteiger partial charge in [-0.1, -0.05) is 12.1 Å². The molecule has 0 aliphatic carbocycles. The largest absolute Gasteiger partial charge is 0.490 e. The minimum atomic E-state index is -0.820. The second-order valence-electron chi connectivity index (χ2n) is 5.62. The fourth-order valence-corrected chi connectivity index (χ4v) is 2.75. The Morgan fingerprint density at radius 1 is 1.11 bits per heavy atom. The Hall–Kier alpha value is -3.47. The van der Waals surface area contributed by atoms with Crippen molar-refractivity contribution in [1.82, 2.24) is 9.97 Å². The van der Waals surface area contributed by atoms with E-state index in [1.54, 1.807) is 12.3 Å². The highest BCUT2D eigenvalue weighted by Gasteiger charge is 2.24. The second-order valence-corrected chi connectivity index (χ2v) is 5.62. The van der Waals surface area contributed by atoms with Gasteiger partial charge in [-0.15, -0.1) is 0 Å². The zero-order chi connectivity index (χ0) is 19.4. The van der Waals surface area contributed by atoms with Gasteiger partial charge in [0, 0.05) is 6.07 Å². The van der Waals surface area contributed by atoms with Crippen molar-refractivity contribution in [2.45, 2.75) is 6.54 Å². The van der Waals surface area contributed by atoms with E-state index in [0.717, 1.165) is 11.6 Å². The number of nitrogens with zero attached hydrogens (tertiary/aromatic N) is 4. The van der Waals surface area contributed by atoms with E-state index >= 15 is 0 Å². The minimum Gasteiger partial charge on any atom is -0.490 e. The molecule has 1 heterocycles. The van der Waals surface area contributed by atoms with E-state index in [4.69, 9.17) is 14.7 Å². The van der Waals surface area contributed by atoms with Gasteiger partial charge in [-0.25, -0.2) is 13.8 Å². The first kappa shape index (κ1) is 18.3. The summed E-state index contributed by atoms with van der Waals surface area (Å²) in [6.07, 6.45) is 1.54. The molecule has 0 atom stereocenters. The van der Waals surface area contributed by atoms with Gasteiger partial charge in [-0.3, -0.25) is 4.98 Å². The van der Waals surface area contributed by atoms with Crippen molar-refractivity contribution >= 4 is 16.7 Å². The van der Waals surface area contributed by atoms with Crippen LogP contribution >= 0.6 is 0 Å². The standard InChI is InChI=1S/C19H16F2N4O2/c1-26-18-13(20)9-16(17(21)19(18)27-2)25(8-7-22)11-12-10-23-14-5-3-4-6-15(14)24-12/h3-6,9-10H,8,11H2,1-2H3. The Morgan fingerprint density at radius 3 is 2.48 bits per heavy atom. The maximum Gasteiger partial charge on any atom is 0.202 e. The van der Waals surface area contributed by atoms with Gasteiger partial charge in [0.05, 0.1) is 55.4 Å². The highest BCUT2D eigenvalue weighted by atomic mass is 19.1. The molecule has 6 nitrogen and oxygen atoms in total. The van der Waals surface area contributed by atoms with E-state index in [2.05, 4.69) is 9.97 Å². The van der Waals surface area contributed by atoms with Crippen molar-refractivity contribution in [1.29, 1.82) is 5.26 Å². The first-order valence-corrected chi connectivity index (χ1v) is 8.01. The van der Waals surface area contributed by atoms with Crippen LogP contribution < -0.4 is 14.4 Å². The quantitative estimate of drug-likeness (QED) is 0.619. The second kappa shape index (κ2) is 7.83. The van der Waals surface area contributed by atoms with Crippen molar-refractivity contribution in [3.8, 4) is 17.6 Å². The molecule has 0 unspecified atom stereocenters. The number of methoxy groups -OCH3 is 2. The lowest BCUT2D eigenvalue weighted by molar-refractivity contribution is 0.322. The summed E-state index contributed by atoms with van der Waals surface area (Å²) in [5, 5.41) is 9.14. The van der Waals surface area contributed by atoms with Crippen LogP contribution in [0.2, 0.25) is 0 Å². The van der Waals surface area contributed by atoms with Gasteiger partial charge >= 0.3 is 0 Å². The molecule has 3 rings (SSSR count). The highest BCUT2D eigenvalue weighted by Crippen LogP contribution is 2.39. The average molecular weight is 370 g/mol. The fourth-order valence-electron chi connectivity index (χ4n) is 2.75. The molecule has 3 aromatic rings. The van der Waals surface area contributed by atoms with Crippen LogP contribution in [0.4, 0.5) is 14.5 Å². The third kappa shape index (κ3) is 3.58. The number of rotatable bonds is 6. The van der Waals surface area contributed by atoms with Crippen LogP contribution in [0.1, 0.15) is 5.69 Å². The van der Waals surface area contributed by atoms with E-state index in [-0.39, 0.29) is 30.3 Å². The van der Waals surface area contributed by atoms with Gasteiger partial charge < -0.3 is 14.4 Å². The van der Waals surface area contributed by atoms with E-state index < -0.39 is 11.6 Å². The van der Waals surface area contributed by atoms with Gasteiger partial charge in [-0.05, 0) is 12.1 Å². The lowest BCUT2D eigenvalue weighted by Gasteiger charge is -2.23. The van der Waals surface area contributed by atoms with Crippen LogP contribution in [0, 0.1) is 23.0 Å². The first-order chi connectivity index (χ1) is 13.1. The zero-order valence-corrected chi connectivity index (χ0v) is 14.7. The molecule has 0 aliphatic rings. The molecule has 2 aromatic carbocycles. The Bertz CT molecular complexity index is 1020. The first-order valence-electron chi connectivity index (χ1n) is 8.01. The summed E-state index contributed by atoms with van der Waals surface area (Å²) in [5.74, 6) is -2.31. The van der Waals surface area contributed by atoms with Gasteiger partial charge in [0.2, 0.25) is 5.75 Å². The molecular formula is C19H16F2N4O2. The number of anilines is 1. The van der Waals surface area contributed by atoms with E-state index in [9.17, 15) is 8.78 Å². The summed E-state index contributed by atoms with van der Waals surface area (Å²) < 4.78 is 39.0. The third-order valence-corrected chi connectivity index (χ3v) is 3.97. The highest BCUT2D eigenvalue weighted by molar-refractivity contribution is 5.73. The van der Waals surface area contributed by atoms with Crippen molar-refractivity contribution < 1.29 is 18.3 Å². The normalized spacial score (nSPS) is 10.5. The molecule has 138 valence electrons. The van der Waals surface area contributed by atoms with Gasteiger partial charge in [0.15, 0.2) is 17.4 Å². The summed E-state index contributed by atoms with van der Waals surface area (Å²) in [5.41, 5.74) is 1.78. The molecule has 8 heteroatoms. The summed E-state index contributed by atoms with van der Waals surface area (Å²) in [6.45, 7) is -0.114. The van der Waals surface area contributed by atoms with Crippen LogP contribution in [-0.4, -0.2) is 30.7 Å². The number of hydrogen-bond donors (Lipinski definition) is 0. The van der Waals surface area contributed by atoms with Crippen molar-refractivity contribution in [2.24, 2.45) is 0 Å². The lowest BCUT2D eigenvalue weighted by atomic mass is 10.2. The minimum absolute atomic E-state index is 0.0667. The summed E-state index contributed by atoms with van der Waals surface area (Å²) >= 11 is 0. The lowest BCUT2D eigenvalue weighted by Crippen LogP contribution is -2.25. The maximum atomic E-state index is 14.9. The molecule has 0 spiro atoms. The summed E-state index contributed by atoms with van der Waals surface area (Å²) in [6, 6.07) is 10.2. The Morgan fingerprint density at radius 2 is 1.81 bits per heavy atom. The molecule has 0 saturated heterocycles. The molecular weight excluding hydrogens is 354 g/mol. The van der Waals surface area contributed by atoms with Crippen molar-refractivity contribution in [3.63, 3.8) is 0 Å². The Balaban J connectivity index is 2.02. The number of hydrogen-bond acceptors (Lipinski definition) is 6. The number of ether oxygens (including phenoxy) is 2. The summed E-state index contributed by atoms with van der Waals surface area (Å²) in [7, 11) is 2.44. The molecule has 0 fully saturated rings. The number of para-hydroxylation sites is 2. The molecule has 0 radical (unpaired) electrons. The molecule has 0 amide bonds. The smallest absolute Gasteiger partial charge is 0.202 e. The monoisotopic (exact) mass is 370 g/mol. The Labute approximate surface area is 154 Å². The molecule has 0 aliphatic heterocycles. The molecule has 0 bridgehead atoms. The van der Waals surface area contributed by atoms with Crippen molar-refractivity contribution in [2.75, 3.05) is 25.7 Å². The SMILES string of the molecule is COc1c(F)cc(N(CC#N)Cc2cnc3ccccc3n2)c(F)c1OC. The molecule has 27 heavy (non-hydrogen) atoms. The molecule has 1 aromatic heterocycles. The number of halogens is 2. The van der Waals surface area contributed by atoms with Gasteiger partial charge in [0.1, 0.15) is 6.54 Å². The predicted molar refractivity (Wildman–Crippen MR) is 95.7 cm³/mol. The topological polar surface area (TPSA) is 71.3 Å². The van der Waals surface area contributed by atoms with Crippen LogP contribution in [0.25, 0.3) is 11.0 Å². The fraction of sp³-hybridized carbons (Fsp3) is 0.211. The summed E-state index contributed by atoms with van der Waals surface area (Å²) in [4.78, 5) is 10.1. The number of nitriles is 1. The van der Waals surface area contributed by atoms with E-state index in [1.165, 1.54) is 19.1 Å².